The highest BCUT2D eigenvalue weighted by Gasteiger charge is 2.34. The third-order valence-corrected chi connectivity index (χ3v) is 5.96. The predicted octanol–water partition coefficient (Wildman–Crippen LogP) is 2.33. The van der Waals surface area contributed by atoms with Crippen molar-refractivity contribution in [1.82, 2.24) is 25.0 Å². The fourth-order valence-electron chi connectivity index (χ4n) is 4.45. The van der Waals surface area contributed by atoms with Crippen molar-refractivity contribution in [3.63, 3.8) is 0 Å². The normalized spacial score (nSPS) is 24.9. The Morgan fingerprint density at radius 2 is 2.07 bits per heavy atom. The van der Waals surface area contributed by atoms with Crippen molar-refractivity contribution in [1.29, 1.82) is 0 Å². The molecule has 0 unspecified atom stereocenters. The van der Waals surface area contributed by atoms with Gasteiger partial charge in [0, 0.05) is 19.9 Å². The average molecular weight is 387 g/mol. The molecule has 0 saturated carbocycles. The fraction of sp³-hybridized carbons (Fsp3) is 0.700. The third-order valence-electron chi connectivity index (χ3n) is 5.96. The number of amides is 2. The highest BCUT2D eigenvalue weighted by Crippen LogP contribution is 2.30. The van der Waals surface area contributed by atoms with Crippen molar-refractivity contribution in [2.45, 2.75) is 76.8 Å². The quantitative estimate of drug-likeness (QED) is 0.856. The van der Waals surface area contributed by atoms with Gasteiger partial charge in [-0.15, -0.1) is 5.10 Å². The van der Waals surface area contributed by atoms with Crippen LogP contribution < -0.4 is 5.32 Å². The van der Waals surface area contributed by atoms with Gasteiger partial charge in [0.2, 0.25) is 5.82 Å². The van der Waals surface area contributed by atoms with Gasteiger partial charge < -0.3 is 15.0 Å². The molecule has 2 aliphatic heterocycles. The van der Waals surface area contributed by atoms with E-state index < -0.39 is 11.9 Å². The van der Waals surface area contributed by atoms with Crippen LogP contribution in [0.1, 0.15) is 80.8 Å². The van der Waals surface area contributed by atoms with Gasteiger partial charge in [0.05, 0.1) is 11.7 Å². The molecule has 0 radical (unpaired) electrons. The van der Waals surface area contributed by atoms with Gasteiger partial charge in [-0.1, -0.05) is 13.3 Å². The van der Waals surface area contributed by atoms with Gasteiger partial charge in [0.25, 0.3) is 11.8 Å². The Bertz CT molecular complexity index is 800. The van der Waals surface area contributed by atoms with Gasteiger partial charge in [-0.2, -0.15) is 0 Å². The maximum Gasteiger partial charge on any atom is 0.291 e. The van der Waals surface area contributed by atoms with E-state index in [0.717, 1.165) is 75.1 Å². The number of likely N-dealkylation sites (N-methyl/N-ethyl adjacent to an activating group) is 1. The van der Waals surface area contributed by atoms with Crippen LogP contribution in [-0.4, -0.2) is 51.2 Å². The molecule has 1 aliphatic carbocycles. The number of ether oxygens (including phenoxy) is 1. The smallest absolute Gasteiger partial charge is 0.291 e. The van der Waals surface area contributed by atoms with Gasteiger partial charge in [-0.25, -0.2) is 9.67 Å². The number of allylic oxidation sites excluding steroid dienone is 2. The lowest BCUT2D eigenvalue weighted by molar-refractivity contribution is -0.130. The summed E-state index contributed by atoms with van der Waals surface area (Å²) in [5.41, 5.74) is 0.950. The van der Waals surface area contributed by atoms with Crippen LogP contribution in [-0.2, 0) is 16.0 Å². The van der Waals surface area contributed by atoms with Gasteiger partial charge in [-0.3, -0.25) is 9.59 Å². The summed E-state index contributed by atoms with van der Waals surface area (Å²) in [6, 6.07) is -0.414. The molecule has 1 aromatic rings. The van der Waals surface area contributed by atoms with Crippen molar-refractivity contribution in [2.24, 2.45) is 0 Å². The van der Waals surface area contributed by atoms with Gasteiger partial charge in [-0.05, 0) is 38.5 Å². The van der Waals surface area contributed by atoms with Crippen molar-refractivity contribution in [3.8, 4) is 0 Å². The summed E-state index contributed by atoms with van der Waals surface area (Å²) in [5, 5.41) is 7.27. The van der Waals surface area contributed by atoms with Crippen molar-refractivity contribution >= 4 is 11.8 Å². The summed E-state index contributed by atoms with van der Waals surface area (Å²) in [6.45, 7) is 2.31. The Balaban J connectivity index is 1.48. The minimum Gasteiger partial charge on any atom is -0.493 e. The molecule has 0 fully saturated rings. The first kappa shape index (κ1) is 19.0. The van der Waals surface area contributed by atoms with E-state index in [1.807, 2.05) is 4.68 Å². The number of aromatic nitrogens is 3. The molecule has 28 heavy (non-hydrogen) atoms. The van der Waals surface area contributed by atoms with E-state index in [4.69, 9.17) is 4.74 Å². The largest absolute Gasteiger partial charge is 0.493 e. The topological polar surface area (TPSA) is 89.3 Å². The maximum absolute atomic E-state index is 12.8. The molecule has 2 amide bonds. The molecular formula is C20H29N5O3. The van der Waals surface area contributed by atoms with E-state index in [0.29, 0.717) is 6.04 Å². The van der Waals surface area contributed by atoms with Gasteiger partial charge >= 0.3 is 0 Å². The summed E-state index contributed by atoms with van der Waals surface area (Å²) < 4.78 is 7.80. The lowest BCUT2D eigenvalue weighted by atomic mass is 10.0. The number of aryl methyl sites for hydroxylation is 1. The number of carbonyl (C=O) groups is 2. The molecule has 8 heteroatoms. The number of rotatable bonds is 4. The Morgan fingerprint density at radius 1 is 1.25 bits per heavy atom. The number of nitrogens with one attached hydrogen (secondary N) is 1. The van der Waals surface area contributed by atoms with Crippen LogP contribution in [0.4, 0.5) is 0 Å². The molecule has 0 aromatic carbocycles. The number of hydrogen-bond acceptors (Lipinski definition) is 5. The molecule has 1 N–H and O–H groups in total. The minimum atomic E-state index is -0.727. The van der Waals surface area contributed by atoms with E-state index in [1.165, 1.54) is 0 Å². The number of carbonyl (C=O) groups excluding carboxylic acids is 2. The van der Waals surface area contributed by atoms with Crippen LogP contribution in [0.15, 0.2) is 11.5 Å². The summed E-state index contributed by atoms with van der Waals surface area (Å²) in [5.74, 6) is 1.35. The SMILES string of the molecule is CCC[C@@H]1CCCc2nc(C(=O)N[C@H]3COC4=C(CCCC4)N(C)C3=O)nn21. The molecule has 0 saturated heterocycles. The first-order valence-corrected chi connectivity index (χ1v) is 10.5. The highest BCUT2D eigenvalue weighted by atomic mass is 16.5. The predicted molar refractivity (Wildman–Crippen MR) is 102 cm³/mol. The van der Waals surface area contributed by atoms with Gasteiger partial charge in [0.15, 0.2) is 0 Å². The summed E-state index contributed by atoms with van der Waals surface area (Å²) in [6.07, 6.45) is 8.90. The third kappa shape index (κ3) is 3.52. The molecule has 3 aliphatic rings. The highest BCUT2D eigenvalue weighted by molar-refractivity contribution is 5.95. The minimum absolute atomic E-state index is 0.145. The molecular weight excluding hydrogens is 358 g/mol. The molecule has 4 rings (SSSR count). The number of hydrogen-bond donors (Lipinski definition) is 1. The molecule has 152 valence electrons. The van der Waals surface area contributed by atoms with Crippen LogP contribution in [0, 0.1) is 0 Å². The Morgan fingerprint density at radius 3 is 2.89 bits per heavy atom. The summed E-state index contributed by atoms with van der Waals surface area (Å²) >= 11 is 0. The molecule has 0 bridgehead atoms. The van der Waals surface area contributed by atoms with Crippen molar-refractivity contribution in [2.75, 3.05) is 13.7 Å². The zero-order chi connectivity index (χ0) is 19.7. The van der Waals surface area contributed by atoms with Crippen molar-refractivity contribution < 1.29 is 14.3 Å². The van der Waals surface area contributed by atoms with Crippen LogP contribution in [0.25, 0.3) is 0 Å². The zero-order valence-corrected chi connectivity index (χ0v) is 16.7. The van der Waals surface area contributed by atoms with E-state index in [2.05, 4.69) is 22.3 Å². The Labute approximate surface area is 165 Å². The molecule has 2 atom stereocenters. The molecule has 8 nitrogen and oxygen atoms in total. The second-order valence-electron chi connectivity index (χ2n) is 7.94. The second-order valence-corrected chi connectivity index (χ2v) is 7.94. The molecule has 3 heterocycles. The van der Waals surface area contributed by atoms with E-state index >= 15 is 0 Å². The number of fused-ring (bicyclic) bond motifs is 1. The zero-order valence-electron chi connectivity index (χ0n) is 16.7. The summed E-state index contributed by atoms with van der Waals surface area (Å²) in [4.78, 5) is 31.7. The molecule has 1 aromatic heterocycles. The molecule has 0 spiro atoms. The standard InChI is InChI=1S/C20H29N5O3/c1-3-7-13-8-6-11-17-22-18(23-25(13)17)19(26)21-14-12-28-16-10-5-4-9-15(16)24(2)20(14)27/h13-14H,3-12H2,1-2H3,(H,21,26)/t13-,14+/m1/s1. The fourth-order valence-corrected chi connectivity index (χ4v) is 4.45. The van der Waals surface area contributed by atoms with E-state index in [-0.39, 0.29) is 18.3 Å². The lowest BCUT2D eigenvalue weighted by Crippen LogP contribution is -2.48. The first-order chi connectivity index (χ1) is 13.6. The summed E-state index contributed by atoms with van der Waals surface area (Å²) in [7, 11) is 1.76. The number of nitrogens with zero attached hydrogens (tertiary/aromatic N) is 4. The van der Waals surface area contributed by atoms with Crippen LogP contribution in [0.3, 0.4) is 0 Å². The van der Waals surface area contributed by atoms with Crippen molar-refractivity contribution in [3.05, 3.63) is 23.1 Å². The van der Waals surface area contributed by atoms with E-state index in [9.17, 15) is 9.59 Å². The van der Waals surface area contributed by atoms with Gasteiger partial charge in [0.1, 0.15) is 24.2 Å². The van der Waals surface area contributed by atoms with E-state index in [1.54, 1.807) is 11.9 Å². The Kier molecular flexibility index (Phi) is 5.37. The monoisotopic (exact) mass is 387 g/mol. The average Bonchev–Trinajstić information content (AvgIpc) is 3.11. The van der Waals surface area contributed by atoms with Crippen LogP contribution in [0.5, 0.6) is 0 Å². The second kappa shape index (κ2) is 7.93. The lowest BCUT2D eigenvalue weighted by Gasteiger charge is -2.24. The van der Waals surface area contributed by atoms with Crippen LogP contribution in [0.2, 0.25) is 0 Å². The van der Waals surface area contributed by atoms with Crippen LogP contribution >= 0.6 is 0 Å². The Hall–Kier alpha value is -2.38. The maximum atomic E-state index is 12.8. The first-order valence-electron chi connectivity index (χ1n) is 10.5.